The fourth-order valence-corrected chi connectivity index (χ4v) is 8.97. The molecule has 1 aliphatic rings. The van der Waals surface area contributed by atoms with Gasteiger partial charge in [0.05, 0.1) is 11.4 Å². The molecule has 3 heteroatoms. The average molecular weight is 717 g/mol. The molecule has 264 valence electrons. The normalized spacial score (nSPS) is 13.0. The Morgan fingerprint density at radius 2 is 1.04 bits per heavy atom. The quantitative estimate of drug-likeness (QED) is 0.178. The van der Waals surface area contributed by atoms with Gasteiger partial charge in [0, 0.05) is 32.9 Å². The molecule has 10 aromatic rings. The summed E-state index contributed by atoms with van der Waals surface area (Å²) < 4.78 is 6.54. The van der Waals surface area contributed by atoms with E-state index in [9.17, 15) is 0 Å². The molecule has 8 aromatic carbocycles. The summed E-state index contributed by atoms with van der Waals surface area (Å²) in [6.45, 7) is 4.65. The van der Waals surface area contributed by atoms with Gasteiger partial charge >= 0.3 is 0 Å². The number of hydrogen-bond acceptors (Lipinski definition) is 3. The summed E-state index contributed by atoms with van der Waals surface area (Å²) in [4.78, 5) is 10.7. The van der Waals surface area contributed by atoms with Crippen LogP contribution in [0.1, 0.15) is 25.0 Å². The Labute approximate surface area is 325 Å². The lowest BCUT2D eigenvalue weighted by molar-refractivity contribution is 0.660. The van der Waals surface area contributed by atoms with Crippen molar-refractivity contribution < 1.29 is 4.42 Å². The van der Waals surface area contributed by atoms with E-state index in [1.807, 2.05) is 6.07 Å². The van der Waals surface area contributed by atoms with E-state index in [-0.39, 0.29) is 5.41 Å². The van der Waals surface area contributed by atoms with Gasteiger partial charge in [-0.25, -0.2) is 9.97 Å². The van der Waals surface area contributed by atoms with Crippen LogP contribution in [-0.4, -0.2) is 9.97 Å². The summed E-state index contributed by atoms with van der Waals surface area (Å²) in [5.74, 6) is 0.697. The van der Waals surface area contributed by atoms with Crippen molar-refractivity contribution in [2.24, 2.45) is 0 Å². The van der Waals surface area contributed by atoms with E-state index < -0.39 is 0 Å². The van der Waals surface area contributed by atoms with Crippen LogP contribution in [0, 0.1) is 0 Å². The highest BCUT2D eigenvalue weighted by Gasteiger charge is 2.36. The van der Waals surface area contributed by atoms with Gasteiger partial charge in [0.25, 0.3) is 0 Å². The monoisotopic (exact) mass is 716 g/mol. The molecule has 0 N–H and O–H groups in total. The van der Waals surface area contributed by atoms with Crippen LogP contribution in [0.4, 0.5) is 0 Å². The van der Waals surface area contributed by atoms with Crippen LogP contribution in [0.2, 0.25) is 0 Å². The van der Waals surface area contributed by atoms with Gasteiger partial charge in [-0.3, -0.25) is 0 Å². The van der Waals surface area contributed by atoms with Crippen molar-refractivity contribution in [3.63, 3.8) is 0 Å². The number of hydrogen-bond donors (Lipinski definition) is 0. The van der Waals surface area contributed by atoms with Gasteiger partial charge in [-0.15, -0.1) is 0 Å². The van der Waals surface area contributed by atoms with Crippen LogP contribution < -0.4 is 0 Å². The van der Waals surface area contributed by atoms with E-state index in [0.717, 1.165) is 72.3 Å². The molecular weight excluding hydrogens is 681 g/mol. The maximum Gasteiger partial charge on any atom is 0.160 e. The molecule has 1 aliphatic carbocycles. The summed E-state index contributed by atoms with van der Waals surface area (Å²) in [5.41, 5.74) is 16.2. The number of rotatable bonds is 5. The highest BCUT2D eigenvalue weighted by atomic mass is 16.3. The van der Waals surface area contributed by atoms with E-state index in [1.54, 1.807) is 0 Å². The van der Waals surface area contributed by atoms with Crippen LogP contribution in [0.25, 0.3) is 100.0 Å². The molecular formula is C53H36N2O. The second kappa shape index (κ2) is 12.5. The zero-order valence-electron chi connectivity index (χ0n) is 31.1. The van der Waals surface area contributed by atoms with Gasteiger partial charge in [-0.1, -0.05) is 159 Å². The van der Waals surface area contributed by atoms with E-state index >= 15 is 0 Å². The van der Waals surface area contributed by atoms with Gasteiger partial charge in [0.1, 0.15) is 11.2 Å². The molecule has 0 bridgehead atoms. The lowest BCUT2D eigenvalue weighted by Crippen LogP contribution is -2.14. The minimum Gasteiger partial charge on any atom is -0.456 e. The highest BCUT2D eigenvalue weighted by Crippen LogP contribution is 2.52. The fourth-order valence-electron chi connectivity index (χ4n) is 8.97. The van der Waals surface area contributed by atoms with Crippen molar-refractivity contribution in [3.8, 4) is 67.3 Å². The van der Waals surface area contributed by atoms with Crippen LogP contribution in [0.15, 0.2) is 186 Å². The first kappa shape index (κ1) is 32.3. The van der Waals surface area contributed by atoms with Crippen LogP contribution >= 0.6 is 0 Å². The molecule has 0 fully saturated rings. The fraction of sp³-hybridized carbons (Fsp3) is 0.0566. The molecule has 0 aliphatic heterocycles. The first-order valence-corrected chi connectivity index (χ1v) is 19.2. The molecule has 11 rings (SSSR count). The van der Waals surface area contributed by atoms with Gasteiger partial charge in [-0.05, 0) is 91.7 Å². The van der Waals surface area contributed by atoms with Crippen LogP contribution in [-0.2, 0) is 5.41 Å². The molecule has 3 nitrogen and oxygen atoms in total. The Hall–Kier alpha value is -7.10. The number of fused-ring (bicyclic) bond motifs is 8. The lowest BCUT2D eigenvalue weighted by Gasteiger charge is -2.21. The predicted octanol–water partition coefficient (Wildman–Crippen LogP) is 14.2. The highest BCUT2D eigenvalue weighted by molar-refractivity contribution is 6.22. The molecule has 56 heavy (non-hydrogen) atoms. The second-order valence-electron chi connectivity index (χ2n) is 15.3. The summed E-state index contributed by atoms with van der Waals surface area (Å²) in [6, 6.07) is 64.7. The molecule has 2 aromatic heterocycles. The van der Waals surface area contributed by atoms with Crippen molar-refractivity contribution in [3.05, 3.63) is 193 Å². The average Bonchev–Trinajstić information content (AvgIpc) is 3.76. The number of benzene rings is 8. The smallest absolute Gasteiger partial charge is 0.160 e. The Balaban J connectivity index is 1.19. The third kappa shape index (κ3) is 5.05. The van der Waals surface area contributed by atoms with E-state index in [2.05, 4.69) is 190 Å². The van der Waals surface area contributed by atoms with Crippen LogP contribution in [0.5, 0.6) is 0 Å². The van der Waals surface area contributed by atoms with Crippen molar-refractivity contribution in [1.29, 1.82) is 0 Å². The zero-order chi connectivity index (χ0) is 37.4. The zero-order valence-corrected chi connectivity index (χ0v) is 31.1. The van der Waals surface area contributed by atoms with Gasteiger partial charge < -0.3 is 4.42 Å². The van der Waals surface area contributed by atoms with E-state index in [0.29, 0.717) is 5.82 Å². The number of furan rings is 1. The minimum atomic E-state index is -0.122. The van der Waals surface area contributed by atoms with Crippen molar-refractivity contribution in [2.45, 2.75) is 19.3 Å². The maximum absolute atomic E-state index is 6.54. The Bertz CT molecular complexity index is 3160. The van der Waals surface area contributed by atoms with Crippen molar-refractivity contribution in [1.82, 2.24) is 9.97 Å². The van der Waals surface area contributed by atoms with Gasteiger partial charge in [-0.2, -0.15) is 0 Å². The van der Waals surface area contributed by atoms with Crippen LogP contribution in [0.3, 0.4) is 0 Å². The lowest BCUT2D eigenvalue weighted by atomic mass is 9.82. The molecule has 0 saturated heterocycles. The summed E-state index contributed by atoms with van der Waals surface area (Å²) >= 11 is 0. The van der Waals surface area contributed by atoms with Gasteiger partial charge in [0.2, 0.25) is 0 Å². The minimum absolute atomic E-state index is 0.122. The third-order valence-corrected chi connectivity index (χ3v) is 11.7. The molecule has 0 unspecified atom stereocenters. The molecule has 0 radical (unpaired) electrons. The maximum atomic E-state index is 6.54. The van der Waals surface area contributed by atoms with Gasteiger partial charge in [0.15, 0.2) is 5.82 Å². The molecule has 0 spiro atoms. The number of aromatic nitrogens is 2. The molecule has 0 amide bonds. The number of nitrogens with zero attached hydrogens (tertiary/aromatic N) is 2. The topological polar surface area (TPSA) is 38.9 Å². The first-order chi connectivity index (χ1) is 27.5. The summed E-state index contributed by atoms with van der Waals surface area (Å²) in [7, 11) is 0. The summed E-state index contributed by atoms with van der Waals surface area (Å²) in [6.07, 6.45) is 0. The third-order valence-electron chi connectivity index (χ3n) is 11.7. The molecule has 0 atom stereocenters. The van der Waals surface area contributed by atoms with Crippen molar-refractivity contribution in [2.75, 3.05) is 0 Å². The Morgan fingerprint density at radius 3 is 1.89 bits per heavy atom. The standard InChI is InChI=1S/C53H36N2O/c1-53(2)43-24-12-11-21-41(43)49-42(23-13-25-44(49)53)46-32-45(54-52(55-46)35-18-7-4-8-19-35)38-30-36(33-15-5-3-6-16-33)29-37(31-38)40-22-14-26-47-51(40)50-39-20-10-9-17-34(39)27-28-48(50)56-47/h3-32H,1-2H3. The van der Waals surface area contributed by atoms with Crippen molar-refractivity contribution >= 4 is 32.7 Å². The van der Waals surface area contributed by atoms with E-state index in [4.69, 9.17) is 14.4 Å². The molecule has 2 heterocycles. The second-order valence-corrected chi connectivity index (χ2v) is 15.3. The van der Waals surface area contributed by atoms with E-state index in [1.165, 1.54) is 33.0 Å². The first-order valence-electron chi connectivity index (χ1n) is 19.2. The SMILES string of the molecule is CC1(C)c2ccccc2-c2c(-c3cc(-c4cc(-c5ccccc5)cc(-c5cccc6oc7ccc8ccccc8c7c56)c4)nc(-c4ccccc4)n3)cccc21. The predicted molar refractivity (Wildman–Crippen MR) is 232 cm³/mol. The molecule has 0 saturated carbocycles. The summed E-state index contributed by atoms with van der Waals surface area (Å²) in [5, 5.41) is 4.63. The largest absolute Gasteiger partial charge is 0.456 e. The Morgan fingerprint density at radius 1 is 0.411 bits per heavy atom. The Kier molecular flexibility index (Phi) is 7.20.